The van der Waals surface area contributed by atoms with E-state index in [9.17, 15) is 9.18 Å². The Bertz CT molecular complexity index is 894. The molecular formula is C19H16FN3O2. The molecule has 5 nitrogen and oxygen atoms in total. The largest absolute Gasteiger partial charge is 0.338 e. The Hall–Kier alpha value is -3.02. The molecule has 0 spiro atoms. The van der Waals surface area contributed by atoms with Gasteiger partial charge in [-0.3, -0.25) is 4.79 Å². The van der Waals surface area contributed by atoms with Crippen molar-refractivity contribution in [3.63, 3.8) is 0 Å². The molecule has 0 radical (unpaired) electrons. The summed E-state index contributed by atoms with van der Waals surface area (Å²) < 4.78 is 18.6. The molecule has 0 bridgehead atoms. The minimum absolute atomic E-state index is 0.0750. The Morgan fingerprint density at radius 2 is 2.00 bits per heavy atom. The number of amides is 1. The molecular weight excluding hydrogens is 321 g/mol. The molecule has 2 aromatic carbocycles. The van der Waals surface area contributed by atoms with Crippen LogP contribution in [-0.4, -0.2) is 27.5 Å². The van der Waals surface area contributed by atoms with E-state index in [4.69, 9.17) is 4.52 Å². The van der Waals surface area contributed by atoms with Gasteiger partial charge in [0.15, 0.2) is 5.82 Å². The molecule has 126 valence electrons. The maximum Gasteiger partial charge on any atom is 0.258 e. The highest BCUT2D eigenvalue weighted by Gasteiger charge is 2.33. The minimum atomic E-state index is -0.359. The molecule has 6 heteroatoms. The van der Waals surface area contributed by atoms with Crippen molar-refractivity contribution >= 4 is 5.91 Å². The summed E-state index contributed by atoms with van der Waals surface area (Å²) >= 11 is 0. The lowest BCUT2D eigenvalue weighted by Crippen LogP contribution is -2.24. The number of hydrogen-bond donors (Lipinski definition) is 0. The van der Waals surface area contributed by atoms with E-state index in [1.54, 1.807) is 17.0 Å². The van der Waals surface area contributed by atoms with Crippen LogP contribution in [-0.2, 0) is 11.3 Å². The number of carbonyl (C=O) groups excluding carboxylic acids is 1. The SMILES string of the molecule is O=C1CC(c2noc(-c3cccc(F)c3)n2)CN1Cc1ccccc1. The van der Waals surface area contributed by atoms with Crippen LogP contribution in [0, 0.1) is 5.82 Å². The summed E-state index contributed by atoms with van der Waals surface area (Å²) in [7, 11) is 0. The maximum atomic E-state index is 13.3. The van der Waals surface area contributed by atoms with E-state index in [-0.39, 0.29) is 23.5 Å². The Balaban J connectivity index is 1.49. The van der Waals surface area contributed by atoms with Gasteiger partial charge in [-0.05, 0) is 23.8 Å². The van der Waals surface area contributed by atoms with Crippen LogP contribution in [0.2, 0.25) is 0 Å². The molecule has 1 aliphatic heterocycles. The molecule has 0 aliphatic carbocycles. The van der Waals surface area contributed by atoms with Crippen molar-refractivity contribution in [2.45, 2.75) is 18.9 Å². The van der Waals surface area contributed by atoms with Gasteiger partial charge in [-0.15, -0.1) is 0 Å². The zero-order valence-corrected chi connectivity index (χ0v) is 13.4. The van der Waals surface area contributed by atoms with E-state index in [1.807, 2.05) is 30.3 Å². The molecule has 0 saturated carbocycles. The van der Waals surface area contributed by atoms with Crippen molar-refractivity contribution < 1.29 is 13.7 Å². The van der Waals surface area contributed by atoms with Gasteiger partial charge < -0.3 is 9.42 Å². The highest BCUT2D eigenvalue weighted by molar-refractivity contribution is 5.79. The van der Waals surface area contributed by atoms with E-state index < -0.39 is 0 Å². The van der Waals surface area contributed by atoms with Crippen molar-refractivity contribution in [2.24, 2.45) is 0 Å². The van der Waals surface area contributed by atoms with Crippen molar-refractivity contribution in [3.05, 3.63) is 71.8 Å². The Morgan fingerprint density at radius 3 is 2.80 bits per heavy atom. The lowest BCUT2D eigenvalue weighted by atomic mass is 10.1. The second kappa shape index (κ2) is 6.47. The smallest absolute Gasteiger partial charge is 0.258 e. The van der Waals surface area contributed by atoms with Crippen molar-refractivity contribution in [1.82, 2.24) is 15.0 Å². The highest BCUT2D eigenvalue weighted by atomic mass is 19.1. The lowest BCUT2D eigenvalue weighted by molar-refractivity contribution is -0.128. The molecule has 1 unspecified atom stereocenters. The Kier molecular flexibility index (Phi) is 4.01. The first-order valence-electron chi connectivity index (χ1n) is 8.10. The predicted octanol–water partition coefficient (Wildman–Crippen LogP) is 3.39. The summed E-state index contributed by atoms with van der Waals surface area (Å²) in [5, 5.41) is 3.99. The van der Waals surface area contributed by atoms with Gasteiger partial charge >= 0.3 is 0 Å². The van der Waals surface area contributed by atoms with Crippen LogP contribution in [0.1, 0.15) is 23.7 Å². The number of benzene rings is 2. The van der Waals surface area contributed by atoms with Crippen molar-refractivity contribution in [2.75, 3.05) is 6.54 Å². The molecule has 1 fully saturated rings. The summed E-state index contributed by atoms with van der Waals surface area (Å²) in [4.78, 5) is 18.4. The van der Waals surface area contributed by atoms with Crippen LogP contribution in [0.4, 0.5) is 4.39 Å². The number of halogens is 1. The molecule has 4 rings (SSSR count). The van der Waals surface area contributed by atoms with Crippen LogP contribution in [0.5, 0.6) is 0 Å². The fourth-order valence-electron chi connectivity index (χ4n) is 3.04. The number of hydrogen-bond acceptors (Lipinski definition) is 4. The van der Waals surface area contributed by atoms with Gasteiger partial charge in [-0.2, -0.15) is 4.98 Å². The lowest BCUT2D eigenvalue weighted by Gasteiger charge is -2.15. The van der Waals surface area contributed by atoms with E-state index in [1.165, 1.54) is 12.1 Å². The van der Waals surface area contributed by atoms with E-state index in [2.05, 4.69) is 10.1 Å². The van der Waals surface area contributed by atoms with Crippen molar-refractivity contribution in [3.8, 4) is 11.5 Å². The minimum Gasteiger partial charge on any atom is -0.338 e. The first kappa shape index (κ1) is 15.5. The summed E-state index contributed by atoms with van der Waals surface area (Å²) in [6.07, 6.45) is 0.356. The summed E-state index contributed by atoms with van der Waals surface area (Å²) in [5.41, 5.74) is 1.62. The molecule has 2 heterocycles. The average Bonchev–Trinajstić information content (AvgIpc) is 3.24. The molecule has 0 N–H and O–H groups in total. The van der Waals surface area contributed by atoms with E-state index in [0.717, 1.165) is 5.56 Å². The molecule has 1 aromatic heterocycles. The van der Waals surface area contributed by atoms with Gasteiger partial charge in [0.25, 0.3) is 5.89 Å². The van der Waals surface area contributed by atoms with Crippen LogP contribution >= 0.6 is 0 Å². The summed E-state index contributed by atoms with van der Waals surface area (Å²) in [5.74, 6) is 0.363. The zero-order chi connectivity index (χ0) is 17.2. The Labute approximate surface area is 144 Å². The van der Waals surface area contributed by atoms with E-state index >= 15 is 0 Å². The number of aromatic nitrogens is 2. The third kappa shape index (κ3) is 3.28. The zero-order valence-electron chi connectivity index (χ0n) is 13.4. The van der Waals surface area contributed by atoms with E-state index in [0.29, 0.717) is 30.9 Å². The van der Waals surface area contributed by atoms with Gasteiger partial charge in [-0.1, -0.05) is 41.6 Å². The molecule has 1 aliphatic rings. The first-order chi connectivity index (χ1) is 12.2. The Morgan fingerprint density at radius 1 is 1.16 bits per heavy atom. The second-order valence-corrected chi connectivity index (χ2v) is 6.13. The van der Waals surface area contributed by atoms with Gasteiger partial charge in [0.1, 0.15) is 5.82 Å². The standard InChI is InChI=1S/C19H16FN3O2/c20-16-8-4-7-14(9-16)19-21-18(22-25-19)15-10-17(24)23(12-15)11-13-5-2-1-3-6-13/h1-9,15H,10-12H2. The fraction of sp³-hybridized carbons (Fsp3) is 0.211. The van der Waals surface area contributed by atoms with Crippen molar-refractivity contribution in [1.29, 1.82) is 0 Å². The number of rotatable bonds is 4. The van der Waals surface area contributed by atoms with Crippen LogP contribution in [0.15, 0.2) is 59.1 Å². The molecule has 3 aromatic rings. The number of nitrogens with zero attached hydrogens (tertiary/aromatic N) is 3. The average molecular weight is 337 g/mol. The van der Waals surface area contributed by atoms with Crippen LogP contribution in [0.25, 0.3) is 11.5 Å². The summed E-state index contributed by atoms with van der Waals surface area (Å²) in [6, 6.07) is 15.9. The third-order valence-corrected chi connectivity index (χ3v) is 4.31. The normalized spacial score (nSPS) is 17.2. The quantitative estimate of drug-likeness (QED) is 0.732. The predicted molar refractivity (Wildman–Crippen MR) is 88.9 cm³/mol. The van der Waals surface area contributed by atoms with Gasteiger partial charge in [0, 0.05) is 31.0 Å². The highest BCUT2D eigenvalue weighted by Crippen LogP contribution is 2.29. The number of likely N-dealkylation sites (tertiary alicyclic amines) is 1. The maximum absolute atomic E-state index is 13.3. The van der Waals surface area contributed by atoms with Gasteiger partial charge in [0.2, 0.25) is 5.91 Å². The first-order valence-corrected chi connectivity index (χ1v) is 8.10. The van der Waals surface area contributed by atoms with Gasteiger partial charge in [0.05, 0.1) is 0 Å². The molecule has 1 amide bonds. The molecule has 25 heavy (non-hydrogen) atoms. The van der Waals surface area contributed by atoms with Crippen LogP contribution < -0.4 is 0 Å². The third-order valence-electron chi connectivity index (χ3n) is 4.31. The topological polar surface area (TPSA) is 59.2 Å². The summed E-state index contributed by atoms with van der Waals surface area (Å²) in [6.45, 7) is 1.13. The van der Waals surface area contributed by atoms with Crippen LogP contribution in [0.3, 0.4) is 0 Å². The number of carbonyl (C=O) groups is 1. The molecule has 1 atom stereocenters. The monoisotopic (exact) mass is 337 g/mol. The second-order valence-electron chi connectivity index (χ2n) is 6.13. The van der Waals surface area contributed by atoms with Gasteiger partial charge in [-0.25, -0.2) is 4.39 Å². The molecule has 1 saturated heterocycles. The fourth-order valence-corrected chi connectivity index (χ4v) is 3.04.